The van der Waals surface area contributed by atoms with Crippen LogP contribution in [0.1, 0.15) is 22.3 Å². The number of hydrogen-bond donors (Lipinski definition) is 0. The largest absolute Gasteiger partial charge is 0.493 e. The number of nitrogens with zero attached hydrogens (tertiary/aromatic N) is 1. The average Bonchev–Trinajstić information content (AvgIpc) is 3.15. The average molecular weight is 547 g/mol. The molecule has 0 aromatic heterocycles. The monoisotopic (exact) mass is 545 g/mol. The van der Waals surface area contributed by atoms with Gasteiger partial charge in [0.25, 0.3) is 0 Å². The van der Waals surface area contributed by atoms with Crippen LogP contribution in [0.3, 0.4) is 0 Å². The van der Waals surface area contributed by atoms with E-state index in [1.807, 2.05) is 37.3 Å². The summed E-state index contributed by atoms with van der Waals surface area (Å²) in [6, 6.07) is 16.6. The molecule has 5 nitrogen and oxygen atoms in total. The number of hydrogen-bond acceptors (Lipinski definition) is 5. The smallest absolute Gasteiger partial charge is 0.363 e. The lowest BCUT2D eigenvalue weighted by Gasteiger charge is -2.14. The Hall–Kier alpha value is -2.80. The van der Waals surface area contributed by atoms with Crippen molar-refractivity contribution in [1.29, 1.82) is 0 Å². The van der Waals surface area contributed by atoms with E-state index in [1.165, 1.54) is 5.56 Å². The fourth-order valence-corrected chi connectivity index (χ4v) is 3.99. The minimum Gasteiger partial charge on any atom is -0.493 e. The van der Waals surface area contributed by atoms with Crippen molar-refractivity contribution in [1.82, 2.24) is 0 Å². The van der Waals surface area contributed by atoms with Crippen molar-refractivity contribution in [3.05, 3.63) is 97.1 Å². The minimum atomic E-state index is -0.564. The Balaban J connectivity index is 1.59. The number of ether oxygens (including phenoxy) is 3. The molecule has 0 atom stereocenters. The summed E-state index contributed by atoms with van der Waals surface area (Å²) in [6.45, 7) is 2.43. The van der Waals surface area contributed by atoms with Crippen molar-refractivity contribution in [2.24, 2.45) is 4.99 Å². The summed E-state index contributed by atoms with van der Waals surface area (Å²) in [6.07, 6.45) is 1.61. The summed E-state index contributed by atoms with van der Waals surface area (Å²) in [4.78, 5) is 16.7. The molecule has 0 saturated carbocycles. The summed E-state index contributed by atoms with van der Waals surface area (Å²) in [5, 5.41) is 0.753. The summed E-state index contributed by atoms with van der Waals surface area (Å²) in [5.74, 6) is 0.678. The standard InChI is InChI=1S/C25H18BrCl2NO4/c1-14-3-5-15(6-4-14)13-32-23-18(26)9-16(11-22(23)31-2)10-21-25(30)33-24(29-21)17-7-8-19(27)20(28)12-17/h3-12H,13H2,1-2H3/b21-10-. The second-order valence-electron chi connectivity index (χ2n) is 7.27. The molecule has 0 spiro atoms. The molecule has 0 bridgehead atoms. The molecular formula is C25H18BrCl2NO4. The zero-order valence-electron chi connectivity index (χ0n) is 17.7. The van der Waals surface area contributed by atoms with E-state index >= 15 is 0 Å². The number of methoxy groups -OCH3 is 1. The van der Waals surface area contributed by atoms with Crippen LogP contribution in [0.2, 0.25) is 10.0 Å². The number of esters is 1. The molecule has 4 rings (SSSR count). The topological polar surface area (TPSA) is 57.1 Å². The maximum atomic E-state index is 12.4. The first kappa shape index (κ1) is 23.4. The van der Waals surface area contributed by atoms with Gasteiger partial charge in [-0.3, -0.25) is 0 Å². The summed E-state index contributed by atoms with van der Waals surface area (Å²) < 4.78 is 17.5. The van der Waals surface area contributed by atoms with Crippen LogP contribution in [-0.4, -0.2) is 19.0 Å². The fraction of sp³-hybridized carbons (Fsp3) is 0.120. The van der Waals surface area contributed by atoms with Gasteiger partial charge in [0.1, 0.15) is 6.61 Å². The van der Waals surface area contributed by atoms with Crippen LogP contribution < -0.4 is 9.47 Å². The van der Waals surface area contributed by atoms with Crippen molar-refractivity contribution >= 4 is 57.1 Å². The quantitative estimate of drug-likeness (QED) is 0.247. The molecule has 0 amide bonds. The van der Waals surface area contributed by atoms with Crippen molar-refractivity contribution in [3.63, 3.8) is 0 Å². The molecule has 1 heterocycles. The third-order valence-corrected chi connectivity index (χ3v) is 6.17. The summed E-state index contributed by atoms with van der Waals surface area (Å²) in [7, 11) is 1.56. The van der Waals surface area contributed by atoms with Gasteiger partial charge in [-0.2, -0.15) is 0 Å². The van der Waals surface area contributed by atoms with E-state index in [9.17, 15) is 4.79 Å². The minimum absolute atomic E-state index is 0.151. The highest BCUT2D eigenvalue weighted by molar-refractivity contribution is 9.10. The first-order valence-electron chi connectivity index (χ1n) is 9.88. The molecule has 0 aliphatic carbocycles. The zero-order valence-corrected chi connectivity index (χ0v) is 20.8. The molecule has 0 saturated heterocycles. The SMILES string of the molecule is COc1cc(/C=C2\N=C(c3ccc(Cl)c(Cl)c3)OC2=O)cc(Br)c1OCc1ccc(C)cc1. The molecule has 3 aromatic rings. The summed E-state index contributed by atoms with van der Waals surface area (Å²) in [5.41, 5.74) is 3.62. The molecule has 0 radical (unpaired) electrons. The number of cyclic esters (lactones) is 1. The first-order chi connectivity index (χ1) is 15.8. The van der Waals surface area contributed by atoms with Gasteiger partial charge in [-0.1, -0.05) is 53.0 Å². The Kier molecular flexibility index (Phi) is 7.08. The van der Waals surface area contributed by atoms with E-state index in [1.54, 1.807) is 37.5 Å². The van der Waals surface area contributed by atoms with E-state index in [0.29, 0.717) is 43.8 Å². The molecule has 0 unspecified atom stereocenters. The number of carbonyl (C=O) groups excluding carboxylic acids is 1. The molecule has 33 heavy (non-hydrogen) atoms. The van der Waals surface area contributed by atoms with Crippen molar-refractivity contribution in [2.75, 3.05) is 7.11 Å². The van der Waals surface area contributed by atoms with Crippen LogP contribution in [0.4, 0.5) is 0 Å². The van der Waals surface area contributed by atoms with E-state index < -0.39 is 5.97 Å². The lowest BCUT2D eigenvalue weighted by Crippen LogP contribution is -2.05. The lowest BCUT2D eigenvalue weighted by molar-refractivity contribution is -0.129. The lowest BCUT2D eigenvalue weighted by atomic mass is 10.1. The van der Waals surface area contributed by atoms with Crippen molar-refractivity contribution in [2.45, 2.75) is 13.5 Å². The number of benzene rings is 3. The zero-order chi connectivity index (χ0) is 23.5. The number of aliphatic imine (C=N–C) groups is 1. The highest BCUT2D eigenvalue weighted by Crippen LogP contribution is 2.38. The predicted molar refractivity (Wildman–Crippen MR) is 133 cm³/mol. The summed E-state index contributed by atoms with van der Waals surface area (Å²) >= 11 is 15.6. The number of aryl methyl sites for hydroxylation is 1. The molecule has 0 fully saturated rings. The maximum Gasteiger partial charge on any atom is 0.363 e. The molecule has 1 aliphatic heterocycles. The fourth-order valence-electron chi connectivity index (χ4n) is 3.12. The Bertz CT molecular complexity index is 1290. The number of carbonyl (C=O) groups is 1. The maximum absolute atomic E-state index is 12.4. The van der Waals surface area contributed by atoms with Crippen LogP contribution in [0.15, 0.2) is 69.8 Å². The van der Waals surface area contributed by atoms with Gasteiger partial charge in [-0.15, -0.1) is 0 Å². The van der Waals surface area contributed by atoms with Gasteiger partial charge in [0.15, 0.2) is 17.2 Å². The van der Waals surface area contributed by atoms with Crippen LogP contribution in [0, 0.1) is 6.92 Å². The molecule has 8 heteroatoms. The first-order valence-corrected chi connectivity index (χ1v) is 11.4. The van der Waals surface area contributed by atoms with Crippen molar-refractivity contribution < 1.29 is 19.0 Å². The molecular weight excluding hydrogens is 529 g/mol. The van der Waals surface area contributed by atoms with Gasteiger partial charge in [-0.05, 0) is 70.4 Å². The van der Waals surface area contributed by atoms with Gasteiger partial charge in [-0.25, -0.2) is 9.79 Å². The van der Waals surface area contributed by atoms with Crippen LogP contribution in [0.25, 0.3) is 6.08 Å². The van der Waals surface area contributed by atoms with Crippen LogP contribution >= 0.6 is 39.1 Å². The van der Waals surface area contributed by atoms with Gasteiger partial charge >= 0.3 is 5.97 Å². The highest BCUT2D eigenvalue weighted by Gasteiger charge is 2.25. The van der Waals surface area contributed by atoms with Crippen LogP contribution in [0.5, 0.6) is 11.5 Å². The second kappa shape index (κ2) is 10.00. The van der Waals surface area contributed by atoms with Gasteiger partial charge in [0.05, 0.1) is 21.6 Å². The Morgan fingerprint density at radius 1 is 1.06 bits per heavy atom. The molecule has 1 aliphatic rings. The Morgan fingerprint density at radius 2 is 1.82 bits per heavy atom. The highest BCUT2D eigenvalue weighted by atomic mass is 79.9. The van der Waals surface area contributed by atoms with Gasteiger partial charge in [0.2, 0.25) is 5.90 Å². The normalized spacial score (nSPS) is 14.3. The van der Waals surface area contributed by atoms with Crippen LogP contribution in [-0.2, 0) is 16.1 Å². The van der Waals surface area contributed by atoms with Gasteiger partial charge in [0, 0.05) is 5.56 Å². The van der Waals surface area contributed by atoms with E-state index in [-0.39, 0.29) is 11.6 Å². The third kappa shape index (κ3) is 5.41. The molecule has 168 valence electrons. The third-order valence-electron chi connectivity index (χ3n) is 4.85. The van der Waals surface area contributed by atoms with E-state index in [4.69, 9.17) is 37.4 Å². The van der Waals surface area contributed by atoms with Gasteiger partial charge < -0.3 is 14.2 Å². The molecule has 0 N–H and O–H groups in total. The van der Waals surface area contributed by atoms with Crippen molar-refractivity contribution in [3.8, 4) is 11.5 Å². The number of rotatable bonds is 6. The van der Waals surface area contributed by atoms with E-state index in [2.05, 4.69) is 20.9 Å². The Morgan fingerprint density at radius 3 is 2.52 bits per heavy atom. The predicted octanol–water partition coefficient (Wildman–Crippen LogP) is 7.00. The van der Waals surface area contributed by atoms with E-state index in [0.717, 1.165) is 5.56 Å². The second-order valence-corrected chi connectivity index (χ2v) is 8.94. The molecule has 3 aromatic carbocycles. The Labute approximate surface area is 209 Å². The number of halogens is 3.